The van der Waals surface area contributed by atoms with Gasteiger partial charge in [0.2, 0.25) is 5.88 Å². The summed E-state index contributed by atoms with van der Waals surface area (Å²) in [6, 6.07) is 7.62. The largest absolute Gasteiger partial charge is 0.466 e. The number of alkyl halides is 1. The number of nitrogens with zero attached hydrogens (tertiary/aromatic N) is 2. The van der Waals surface area contributed by atoms with Gasteiger partial charge in [0.05, 0.1) is 5.02 Å². The van der Waals surface area contributed by atoms with E-state index in [0.717, 1.165) is 10.6 Å². The lowest BCUT2D eigenvalue weighted by molar-refractivity contribution is -0.157. The van der Waals surface area contributed by atoms with Gasteiger partial charge in [0, 0.05) is 5.02 Å². The van der Waals surface area contributed by atoms with Crippen molar-refractivity contribution in [1.82, 2.24) is 15.4 Å². The topological polar surface area (TPSA) is 71.5 Å². The molecule has 1 N–H and O–H groups in total. The summed E-state index contributed by atoms with van der Waals surface area (Å²) in [5.74, 6) is -1.09. The minimum Gasteiger partial charge on any atom is -0.466 e. The predicted octanol–water partition coefficient (Wildman–Crippen LogP) is 4.30. The second-order valence-electron chi connectivity index (χ2n) is 5.48. The summed E-state index contributed by atoms with van der Waals surface area (Å²) < 4.78 is 5.24. The van der Waals surface area contributed by atoms with E-state index in [1.54, 1.807) is 24.3 Å². The fourth-order valence-electron chi connectivity index (χ4n) is 2.39. The van der Waals surface area contributed by atoms with Gasteiger partial charge in [-0.1, -0.05) is 58.5 Å². The van der Waals surface area contributed by atoms with Crippen LogP contribution >= 0.6 is 58.0 Å². The van der Waals surface area contributed by atoms with Crippen molar-refractivity contribution in [1.29, 1.82) is 0 Å². The highest BCUT2D eigenvalue weighted by Crippen LogP contribution is 2.37. The standard InChI is InChI=1S/C16H10Cl5N3O3/c17-8-3-1-7(2-4-8)13-12(20)16(26)24(13)23-11(25)6-27-15-10(19)5-9(18)14(21)22-15/h1-5,12-13H,6H2,(H,23,25). The summed E-state index contributed by atoms with van der Waals surface area (Å²) >= 11 is 29.4. The Morgan fingerprint density at radius 1 is 1.15 bits per heavy atom. The summed E-state index contributed by atoms with van der Waals surface area (Å²) in [7, 11) is 0. The first-order chi connectivity index (χ1) is 12.8. The molecule has 1 aromatic carbocycles. The Morgan fingerprint density at radius 3 is 2.48 bits per heavy atom. The molecule has 6 nitrogen and oxygen atoms in total. The average molecular weight is 470 g/mol. The van der Waals surface area contributed by atoms with Crippen LogP contribution in [-0.2, 0) is 9.59 Å². The van der Waals surface area contributed by atoms with E-state index in [1.807, 2.05) is 0 Å². The molecule has 2 heterocycles. The maximum atomic E-state index is 12.1. The van der Waals surface area contributed by atoms with Crippen molar-refractivity contribution < 1.29 is 14.3 Å². The van der Waals surface area contributed by atoms with Crippen molar-refractivity contribution in [3.05, 3.63) is 56.1 Å². The Morgan fingerprint density at radius 2 is 1.81 bits per heavy atom. The number of benzene rings is 1. The Kier molecular flexibility index (Phi) is 6.23. The zero-order valence-corrected chi connectivity index (χ0v) is 17.0. The molecule has 1 aromatic heterocycles. The third-order valence-corrected chi connectivity index (χ3v) is 5.30. The zero-order valence-electron chi connectivity index (χ0n) is 13.3. The molecule has 0 saturated carbocycles. The molecule has 2 atom stereocenters. The Bertz CT molecular complexity index is 894. The number of carbonyl (C=O) groups is 2. The van der Waals surface area contributed by atoms with E-state index >= 15 is 0 Å². The van der Waals surface area contributed by atoms with Crippen molar-refractivity contribution in [3.8, 4) is 5.88 Å². The molecule has 142 valence electrons. The van der Waals surface area contributed by atoms with Crippen LogP contribution in [0.1, 0.15) is 11.6 Å². The highest BCUT2D eigenvalue weighted by Gasteiger charge is 2.48. The van der Waals surface area contributed by atoms with Gasteiger partial charge in [0.1, 0.15) is 16.4 Å². The summed E-state index contributed by atoms with van der Waals surface area (Å²) in [4.78, 5) is 28.0. The molecular weight excluding hydrogens is 459 g/mol. The number of aromatic nitrogens is 1. The molecule has 1 saturated heterocycles. The second kappa shape index (κ2) is 8.29. The fourth-order valence-corrected chi connectivity index (χ4v) is 3.42. The molecule has 1 aliphatic rings. The van der Waals surface area contributed by atoms with Crippen LogP contribution in [0.5, 0.6) is 5.88 Å². The lowest BCUT2D eigenvalue weighted by atomic mass is 9.95. The number of rotatable bonds is 5. The first kappa shape index (κ1) is 20.3. The number of pyridine rings is 1. The average Bonchev–Trinajstić information content (AvgIpc) is 2.64. The Labute approximate surface area is 179 Å². The number of nitrogens with one attached hydrogen (secondary N) is 1. The van der Waals surface area contributed by atoms with Crippen molar-refractivity contribution in [2.75, 3.05) is 6.61 Å². The lowest BCUT2D eigenvalue weighted by Crippen LogP contribution is -2.63. The molecule has 27 heavy (non-hydrogen) atoms. The fraction of sp³-hybridized carbons (Fsp3) is 0.188. The summed E-state index contributed by atoms with van der Waals surface area (Å²) in [5.41, 5.74) is 3.18. The van der Waals surface area contributed by atoms with Gasteiger partial charge >= 0.3 is 0 Å². The third kappa shape index (κ3) is 4.36. The van der Waals surface area contributed by atoms with Crippen molar-refractivity contribution >= 4 is 69.8 Å². The molecule has 2 aromatic rings. The Balaban J connectivity index is 1.64. The van der Waals surface area contributed by atoms with E-state index in [4.69, 9.17) is 62.7 Å². The molecule has 0 bridgehead atoms. The number of carbonyl (C=O) groups excluding carboxylic acids is 2. The monoisotopic (exact) mass is 467 g/mol. The lowest BCUT2D eigenvalue weighted by Gasteiger charge is -2.43. The number of halogens is 5. The van der Waals surface area contributed by atoms with Crippen LogP contribution in [0.25, 0.3) is 0 Å². The first-order valence-corrected chi connectivity index (χ1v) is 9.39. The van der Waals surface area contributed by atoms with E-state index < -0.39 is 29.8 Å². The van der Waals surface area contributed by atoms with Gasteiger partial charge in [-0.05, 0) is 23.8 Å². The number of amides is 2. The highest BCUT2D eigenvalue weighted by atomic mass is 35.5. The van der Waals surface area contributed by atoms with Crippen molar-refractivity contribution in [2.24, 2.45) is 0 Å². The minimum absolute atomic E-state index is 0.0119. The molecule has 11 heteroatoms. The van der Waals surface area contributed by atoms with Crippen LogP contribution in [0.15, 0.2) is 30.3 Å². The van der Waals surface area contributed by atoms with Crippen LogP contribution in [0, 0.1) is 0 Å². The van der Waals surface area contributed by atoms with Crippen molar-refractivity contribution in [3.63, 3.8) is 0 Å². The van der Waals surface area contributed by atoms with Crippen LogP contribution in [0.4, 0.5) is 0 Å². The van der Waals surface area contributed by atoms with Gasteiger partial charge in [-0.3, -0.25) is 15.0 Å². The molecular formula is C16H10Cl5N3O3. The third-order valence-electron chi connectivity index (χ3n) is 3.68. The van der Waals surface area contributed by atoms with Gasteiger partial charge in [-0.2, -0.15) is 4.98 Å². The minimum atomic E-state index is -0.793. The normalized spacial score (nSPS) is 18.9. The number of β-lactam (4-membered cyclic amide) rings is 1. The SMILES string of the molecule is O=C(COc1nc(Cl)c(Cl)cc1Cl)NN1C(=O)C(Cl)C1c1ccc(Cl)cc1. The maximum absolute atomic E-state index is 12.1. The summed E-state index contributed by atoms with van der Waals surface area (Å²) in [6.07, 6.45) is 0. The van der Waals surface area contributed by atoms with E-state index in [2.05, 4.69) is 10.4 Å². The number of ether oxygens (including phenoxy) is 1. The van der Waals surface area contributed by atoms with Crippen LogP contribution in [0.3, 0.4) is 0 Å². The van der Waals surface area contributed by atoms with E-state index in [9.17, 15) is 9.59 Å². The highest BCUT2D eigenvalue weighted by molar-refractivity contribution is 6.42. The van der Waals surface area contributed by atoms with Gasteiger partial charge < -0.3 is 4.74 Å². The first-order valence-electron chi connectivity index (χ1n) is 7.44. The summed E-state index contributed by atoms with van der Waals surface area (Å²) in [6.45, 7) is -0.450. The smallest absolute Gasteiger partial charge is 0.276 e. The van der Waals surface area contributed by atoms with Crippen LogP contribution in [0.2, 0.25) is 20.2 Å². The van der Waals surface area contributed by atoms with E-state index in [-0.39, 0.29) is 21.1 Å². The quantitative estimate of drug-likeness (QED) is 0.403. The number of hydrazine groups is 1. The summed E-state index contributed by atoms with van der Waals surface area (Å²) in [5, 5.41) is 1.13. The molecule has 0 radical (unpaired) electrons. The van der Waals surface area contributed by atoms with Gasteiger partial charge in [-0.15, -0.1) is 11.6 Å². The van der Waals surface area contributed by atoms with Crippen molar-refractivity contribution in [2.45, 2.75) is 11.4 Å². The second-order valence-corrected chi connectivity index (χ2v) is 7.56. The van der Waals surface area contributed by atoms with Crippen LogP contribution < -0.4 is 10.2 Å². The van der Waals surface area contributed by atoms with Gasteiger partial charge in [0.25, 0.3) is 11.8 Å². The van der Waals surface area contributed by atoms with Gasteiger partial charge in [0.15, 0.2) is 11.8 Å². The maximum Gasteiger partial charge on any atom is 0.276 e. The Hall–Kier alpha value is -1.44. The predicted molar refractivity (Wildman–Crippen MR) is 104 cm³/mol. The molecule has 0 aliphatic carbocycles. The van der Waals surface area contributed by atoms with E-state index in [1.165, 1.54) is 6.07 Å². The zero-order chi connectivity index (χ0) is 19.7. The number of hydrogen-bond acceptors (Lipinski definition) is 4. The van der Waals surface area contributed by atoms with Crippen LogP contribution in [-0.4, -0.2) is 33.8 Å². The molecule has 1 aliphatic heterocycles. The van der Waals surface area contributed by atoms with Gasteiger partial charge in [-0.25, -0.2) is 5.01 Å². The van der Waals surface area contributed by atoms with E-state index in [0.29, 0.717) is 5.02 Å². The number of hydrogen-bond donors (Lipinski definition) is 1. The molecule has 0 spiro atoms. The molecule has 1 fully saturated rings. The molecule has 3 rings (SSSR count). The molecule has 2 amide bonds. The molecule has 2 unspecified atom stereocenters.